The molecule has 1 aromatic rings. The van der Waals surface area contributed by atoms with E-state index < -0.39 is 23.7 Å². The van der Waals surface area contributed by atoms with Crippen LogP contribution in [-0.4, -0.2) is 48.3 Å². The summed E-state index contributed by atoms with van der Waals surface area (Å²) >= 11 is 0. The molecular weight excluding hydrogens is 344 g/mol. The number of esters is 1. The van der Waals surface area contributed by atoms with E-state index in [4.69, 9.17) is 9.47 Å². The summed E-state index contributed by atoms with van der Waals surface area (Å²) in [5, 5.41) is 2.71. The Hall–Kier alpha value is -2.08. The number of hydrogen-bond donors (Lipinski definition) is 1. The van der Waals surface area contributed by atoms with Crippen molar-refractivity contribution in [1.82, 2.24) is 10.2 Å². The standard InChI is InChI=1S/C21H30N2O4/c1-14-7-5-6-8-16(14)18(22-20(25)27-21(2,3)4)19(24)26-17-13-23-11-9-15(17)10-12-23/h5-8,15,17-18H,9-13H2,1-4H3,(H,22,25)/t17-,18?/m0/s1. The van der Waals surface area contributed by atoms with E-state index in [1.54, 1.807) is 20.8 Å². The number of amides is 1. The van der Waals surface area contributed by atoms with Crippen molar-refractivity contribution in [3.63, 3.8) is 0 Å². The third-order valence-corrected chi connectivity index (χ3v) is 5.26. The maximum atomic E-state index is 13.0. The lowest BCUT2D eigenvalue weighted by atomic mass is 9.86. The molecule has 3 fully saturated rings. The van der Waals surface area contributed by atoms with Gasteiger partial charge >= 0.3 is 12.1 Å². The van der Waals surface area contributed by atoms with Crippen LogP contribution in [0.2, 0.25) is 0 Å². The van der Waals surface area contributed by atoms with Crippen LogP contribution in [0.5, 0.6) is 0 Å². The summed E-state index contributed by atoms with van der Waals surface area (Å²) in [7, 11) is 0. The van der Waals surface area contributed by atoms with Crippen LogP contribution in [0.15, 0.2) is 24.3 Å². The maximum absolute atomic E-state index is 13.0. The minimum Gasteiger partial charge on any atom is -0.459 e. The highest BCUT2D eigenvalue weighted by Gasteiger charge is 2.38. The molecule has 1 unspecified atom stereocenters. The predicted octanol–water partition coefficient (Wildman–Crippen LogP) is 3.20. The van der Waals surface area contributed by atoms with Gasteiger partial charge in [0.2, 0.25) is 0 Å². The molecule has 3 aliphatic heterocycles. The van der Waals surface area contributed by atoms with Gasteiger partial charge in [0.25, 0.3) is 0 Å². The van der Waals surface area contributed by atoms with Gasteiger partial charge < -0.3 is 14.8 Å². The zero-order chi connectivity index (χ0) is 19.6. The number of benzene rings is 1. The number of fused-ring (bicyclic) bond motifs is 3. The average Bonchev–Trinajstić information content (AvgIpc) is 2.60. The molecule has 3 saturated heterocycles. The summed E-state index contributed by atoms with van der Waals surface area (Å²) in [6, 6.07) is 6.64. The normalized spacial score (nSPS) is 25.6. The number of aryl methyl sites for hydroxylation is 1. The Bertz CT molecular complexity index is 690. The van der Waals surface area contributed by atoms with Crippen molar-refractivity contribution in [2.45, 2.75) is 58.3 Å². The van der Waals surface area contributed by atoms with Gasteiger partial charge in [0, 0.05) is 6.54 Å². The molecule has 148 valence electrons. The molecule has 1 aromatic carbocycles. The summed E-state index contributed by atoms with van der Waals surface area (Å²) < 4.78 is 11.2. The van der Waals surface area contributed by atoms with E-state index >= 15 is 0 Å². The lowest BCUT2D eigenvalue weighted by Crippen LogP contribution is -2.52. The van der Waals surface area contributed by atoms with Gasteiger partial charge in [-0.1, -0.05) is 24.3 Å². The monoisotopic (exact) mass is 374 g/mol. The van der Waals surface area contributed by atoms with Crippen molar-refractivity contribution in [1.29, 1.82) is 0 Å². The quantitative estimate of drug-likeness (QED) is 0.820. The van der Waals surface area contributed by atoms with Gasteiger partial charge in [-0.15, -0.1) is 0 Å². The molecule has 6 nitrogen and oxygen atoms in total. The second-order valence-electron chi connectivity index (χ2n) is 8.55. The van der Waals surface area contributed by atoms with E-state index in [0.29, 0.717) is 5.92 Å². The lowest BCUT2D eigenvalue weighted by Gasteiger charge is -2.44. The Balaban J connectivity index is 1.75. The van der Waals surface area contributed by atoms with Crippen LogP contribution < -0.4 is 5.32 Å². The second-order valence-corrected chi connectivity index (χ2v) is 8.55. The van der Waals surface area contributed by atoms with Crippen molar-refractivity contribution in [3.05, 3.63) is 35.4 Å². The van der Waals surface area contributed by atoms with Gasteiger partial charge in [-0.05, 0) is 70.7 Å². The van der Waals surface area contributed by atoms with Gasteiger partial charge in [-0.25, -0.2) is 9.59 Å². The molecule has 0 spiro atoms. The minimum atomic E-state index is -0.878. The van der Waals surface area contributed by atoms with Crippen molar-refractivity contribution in [3.8, 4) is 0 Å². The fraction of sp³-hybridized carbons (Fsp3) is 0.619. The fourth-order valence-corrected chi connectivity index (χ4v) is 3.86. The topological polar surface area (TPSA) is 67.9 Å². The van der Waals surface area contributed by atoms with Crippen molar-refractivity contribution in [2.75, 3.05) is 19.6 Å². The summed E-state index contributed by atoms with van der Waals surface area (Å²) in [6.07, 6.45) is 1.40. The van der Waals surface area contributed by atoms with Crippen LogP contribution in [0.25, 0.3) is 0 Å². The van der Waals surface area contributed by atoms with Crippen LogP contribution in [0, 0.1) is 12.8 Å². The molecule has 1 N–H and O–H groups in total. The number of ether oxygens (including phenoxy) is 2. The molecule has 0 saturated carbocycles. The largest absolute Gasteiger partial charge is 0.459 e. The van der Waals surface area contributed by atoms with E-state index in [1.807, 2.05) is 31.2 Å². The average molecular weight is 374 g/mol. The Morgan fingerprint density at radius 1 is 1.19 bits per heavy atom. The van der Waals surface area contributed by atoms with E-state index in [-0.39, 0.29) is 6.10 Å². The molecule has 2 atom stereocenters. The molecule has 0 aromatic heterocycles. The van der Waals surface area contributed by atoms with Gasteiger partial charge in [-0.2, -0.15) is 0 Å². The van der Waals surface area contributed by atoms with E-state index in [9.17, 15) is 9.59 Å². The molecule has 0 aliphatic carbocycles. The Labute approximate surface area is 161 Å². The summed E-state index contributed by atoms with van der Waals surface area (Å²) in [5.74, 6) is -0.00749. The number of piperidine rings is 3. The number of hydrogen-bond acceptors (Lipinski definition) is 5. The van der Waals surface area contributed by atoms with Gasteiger partial charge in [0.05, 0.1) is 0 Å². The van der Waals surface area contributed by atoms with Gasteiger partial charge in [0.1, 0.15) is 11.7 Å². The highest BCUT2D eigenvalue weighted by atomic mass is 16.6. The third-order valence-electron chi connectivity index (χ3n) is 5.26. The van der Waals surface area contributed by atoms with Crippen LogP contribution in [0.3, 0.4) is 0 Å². The lowest BCUT2D eigenvalue weighted by molar-refractivity contribution is -0.161. The van der Waals surface area contributed by atoms with Crippen molar-refractivity contribution >= 4 is 12.1 Å². The Morgan fingerprint density at radius 3 is 2.41 bits per heavy atom. The maximum Gasteiger partial charge on any atom is 0.408 e. The molecule has 27 heavy (non-hydrogen) atoms. The first-order valence-corrected chi connectivity index (χ1v) is 9.71. The summed E-state index contributed by atoms with van der Waals surface area (Å²) in [6.45, 7) is 10.2. The van der Waals surface area contributed by atoms with Gasteiger partial charge in [0.15, 0.2) is 6.04 Å². The van der Waals surface area contributed by atoms with E-state index in [1.165, 1.54) is 0 Å². The Morgan fingerprint density at radius 2 is 1.85 bits per heavy atom. The first-order valence-electron chi connectivity index (χ1n) is 9.71. The van der Waals surface area contributed by atoms with Crippen molar-refractivity contribution < 1.29 is 19.1 Å². The number of rotatable bonds is 4. The highest BCUT2D eigenvalue weighted by Crippen LogP contribution is 2.31. The van der Waals surface area contributed by atoms with Crippen LogP contribution in [0.1, 0.15) is 50.8 Å². The Kier molecular flexibility index (Phi) is 5.75. The first-order chi connectivity index (χ1) is 12.7. The molecule has 1 amide bonds. The second kappa shape index (κ2) is 7.89. The minimum absolute atomic E-state index is 0.105. The number of nitrogens with one attached hydrogen (secondary N) is 1. The smallest absolute Gasteiger partial charge is 0.408 e. The molecule has 6 heteroatoms. The molecule has 3 aliphatic rings. The zero-order valence-electron chi connectivity index (χ0n) is 16.7. The first kappa shape index (κ1) is 19.7. The number of carbonyl (C=O) groups is 2. The van der Waals surface area contributed by atoms with Crippen LogP contribution >= 0.6 is 0 Å². The van der Waals surface area contributed by atoms with E-state index in [0.717, 1.165) is 43.6 Å². The summed E-state index contributed by atoms with van der Waals surface area (Å²) in [5.41, 5.74) is 1.01. The third kappa shape index (κ3) is 5.01. The van der Waals surface area contributed by atoms with Crippen LogP contribution in [0.4, 0.5) is 4.79 Å². The molecule has 3 heterocycles. The van der Waals surface area contributed by atoms with Crippen molar-refractivity contribution in [2.24, 2.45) is 5.92 Å². The van der Waals surface area contributed by atoms with Crippen LogP contribution in [-0.2, 0) is 14.3 Å². The fourth-order valence-electron chi connectivity index (χ4n) is 3.86. The SMILES string of the molecule is Cc1ccccc1C(NC(=O)OC(C)(C)C)C(=O)O[C@H]1CN2CCC1CC2. The molecule has 4 rings (SSSR count). The number of carbonyl (C=O) groups excluding carboxylic acids is 2. The number of alkyl carbamates (subject to hydrolysis) is 1. The predicted molar refractivity (Wildman–Crippen MR) is 102 cm³/mol. The molecule has 0 radical (unpaired) electrons. The zero-order valence-corrected chi connectivity index (χ0v) is 16.7. The molecular formula is C21H30N2O4. The highest BCUT2D eigenvalue weighted by molar-refractivity contribution is 5.83. The van der Waals surface area contributed by atoms with Gasteiger partial charge in [-0.3, -0.25) is 4.90 Å². The van der Waals surface area contributed by atoms with E-state index in [2.05, 4.69) is 10.2 Å². The number of nitrogens with zero attached hydrogens (tertiary/aromatic N) is 1. The molecule has 2 bridgehead atoms. The summed E-state index contributed by atoms with van der Waals surface area (Å²) in [4.78, 5) is 27.7.